The zero-order valence-corrected chi connectivity index (χ0v) is 19.1. The Bertz CT molecular complexity index is 960. The summed E-state index contributed by atoms with van der Waals surface area (Å²) in [5.74, 6) is 1.35. The predicted molar refractivity (Wildman–Crippen MR) is 123 cm³/mol. The van der Waals surface area contributed by atoms with E-state index in [9.17, 15) is 14.4 Å². The lowest BCUT2D eigenvalue weighted by molar-refractivity contribution is -0.128. The van der Waals surface area contributed by atoms with Crippen molar-refractivity contribution in [2.24, 2.45) is 17.1 Å². The molecule has 31 heavy (non-hydrogen) atoms. The first kappa shape index (κ1) is 23.1. The molecule has 0 radical (unpaired) electrons. The van der Waals surface area contributed by atoms with Crippen LogP contribution in [0.2, 0.25) is 0 Å². The number of thioether (sulfide) groups is 1. The molecule has 0 saturated carbocycles. The Kier molecular flexibility index (Phi) is 7.25. The van der Waals surface area contributed by atoms with Crippen LogP contribution >= 0.6 is 11.8 Å². The van der Waals surface area contributed by atoms with Gasteiger partial charge >= 0.3 is 0 Å². The maximum absolute atomic E-state index is 13.2. The second-order valence-corrected chi connectivity index (χ2v) is 10.3. The SMILES string of the molecule is CC(C)(C)C(NC(=O)c1nn(CC2CCSCC2)c2ccccc12)C(=O)NCC(N)=O. The summed E-state index contributed by atoms with van der Waals surface area (Å²) in [6, 6.07) is 6.82. The third-order valence-electron chi connectivity index (χ3n) is 5.49. The van der Waals surface area contributed by atoms with E-state index < -0.39 is 29.2 Å². The van der Waals surface area contributed by atoms with E-state index in [0.29, 0.717) is 11.6 Å². The van der Waals surface area contributed by atoms with Gasteiger partial charge in [-0.15, -0.1) is 0 Å². The van der Waals surface area contributed by atoms with Gasteiger partial charge in [0.05, 0.1) is 12.1 Å². The number of nitrogens with zero attached hydrogens (tertiary/aromatic N) is 2. The molecule has 3 amide bonds. The molecule has 3 rings (SSSR count). The van der Waals surface area contributed by atoms with Crippen LogP contribution in [0.4, 0.5) is 0 Å². The zero-order chi connectivity index (χ0) is 22.6. The minimum atomic E-state index is -0.848. The Morgan fingerprint density at radius 2 is 1.90 bits per heavy atom. The highest BCUT2D eigenvalue weighted by atomic mass is 32.2. The van der Waals surface area contributed by atoms with Gasteiger partial charge in [0, 0.05) is 11.9 Å². The molecule has 2 aromatic rings. The Morgan fingerprint density at radius 3 is 2.55 bits per heavy atom. The fourth-order valence-corrected chi connectivity index (χ4v) is 4.96. The number of para-hydroxylation sites is 1. The van der Waals surface area contributed by atoms with Gasteiger partial charge in [0.1, 0.15) is 6.04 Å². The highest BCUT2D eigenvalue weighted by molar-refractivity contribution is 7.99. The Hall–Kier alpha value is -2.55. The Balaban J connectivity index is 1.84. The number of nitrogens with two attached hydrogens (primary N) is 1. The van der Waals surface area contributed by atoms with E-state index in [0.717, 1.165) is 41.8 Å². The van der Waals surface area contributed by atoms with Crippen LogP contribution in [-0.4, -0.2) is 51.6 Å². The van der Waals surface area contributed by atoms with E-state index in [1.807, 2.05) is 61.5 Å². The van der Waals surface area contributed by atoms with Crippen LogP contribution in [0.3, 0.4) is 0 Å². The molecule has 1 aromatic carbocycles. The fraction of sp³-hybridized carbons (Fsp3) is 0.545. The fourth-order valence-electron chi connectivity index (χ4n) is 3.76. The standard InChI is InChI=1S/C22H31N5O3S/c1-22(2,3)19(21(30)24-12-17(23)28)25-20(29)18-15-6-4-5-7-16(15)27(26-18)13-14-8-10-31-11-9-14/h4-7,14,19H,8-13H2,1-3H3,(H2,23,28)(H,24,30)(H,25,29). The van der Waals surface area contributed by atoms with E-state index in [2.05, 4.69) is 15.7 Å². The molecule has 0 spiro atoms. The monoisotopic (exact) mass is 445 g/mol. The van der Waals surface area contributed by atoms with Crippen molar-refractivity contribution in [2.75, 3.05) is 18.1 Å². The quantitative estimate of drug-likeness (QED) is 0.602. The normalized spacial score (nSPS) is 16.1. The van der Waals surface area contributed by atoms with Crippen molar-refractivity contribution in [3.05, 3.63) is 30.0 Å². The van der Waals surface area contributed by atoms with Crippen LogP contribution in [0.5, 0.6) is 0 Å². The van der Waals surface area contributed by atoms with Crippen molar-refractivity contribution in [3.63, 3.8) is 0 Å². The van der Waals surface area contributed by atoms with Crippen LogP contribution in [0.1, 0.15) is 44.1 Å². The third-order valence-corrected chi connectivity index (χ3v) is 6.53. The van der Waals surface area contributed by atoms with Gasteiger partial charge in [0.25, 0.3) is 5.91 Å². The molecule has 9 heteroatoms. The average molecular weight is 446 g/mol. The van der Waals surface area contributed by atoms with Crippen LogP contribution in [-0.2, 0) is 16.1 Å². The second kappa shape index (κ2) is 9.72. The van der Waals surface area contributed by atoms with E-state index in [-0.39, 0.29) is 6.54 Å². The number of rotatable bonds is 7. The Morgan fingerprint density at radius 1 is 1.23 bits per heavy atom. The molecule has 1 aliphatic rings. The minimum Gasteiger partial charge on any atom is -0.368 e. The first-order valence-corrected chi connectivity index (χ1v) is 11.7. The number of benzene rings is 1. The summed E-state index contributed by atoms with van der Waals surface area (Å²) >= 11 is 1.98. The van der Waals surface area contributed by atoms with Gasteiger partial charge in [0.15, 0.2) is 5.69 Å². The number of carbonyl (C=O) groups is 3. The maximum atomic E-state index is 13.2. The lowest BCUT2D eigenvalue weighted by Gasteiger charge is -2.30. The van der Waals surface area contributed by atoms with Gasteiger partial charge in [-0.05, 0) is 41.7 Å². The van der Waals surface area contributed by atoms with Crippen molar-refractivity contribution < 1.29 is 14.4 Å². The van der Waals surface area contributed by atoms with Gasteiger partial charge in [-0.3, -0.25) is 19.1 Å². The van der Waals surface area contributed by atoms with Gasteiger partial charge in [-0.25, -0.2) is 0 Å². The molecular formula is C22H31N5O3S. The largest absolute Gasteiger partial charge is 0.368 e. The van der Waals surface area contributed by atoms with Gasteiger partial charge < -0.3 is 16.4 Å². The first-order chi connectivity index (χ1) is 14.7. The molecule has 1 aromatic heterocycles. The van der Waals surface area contributed by atoms with E-state index in [1.165, 1.54) is 0 Å². The second-order valence-electron chi connectivity index (χ2n) is 9.06. The van der Waals surface area contributed by atoms with E-state index in [1.54, 1.807) is 0 Å². The highest BCUT2D eigenvalue weighted by Gasteiger charge is 2.34. The number of nitrogens with one attached hydrogen (secondary N) is 2. The maximum Gasteiger partial charge on any atom is 0.273 e. The number of fused-ring (bicyclic) bond motifs is 1. The van der Waals surface area contributed by atoms with E-state index >= 15 is 0 Å². The number of primary amides is 1. The minimum absolute atomic E-state index is 0.279. The topological polar surface area (TPSA) is 119 Å². The average Bonchev–Trinajstić information content (AvgIpc) is 3.08. The molecule has 1 aliphatic heterocycles. The first-order valence-electron chi connectivity index (χ1n) is 10.6. The summed E-state index contributed by atoms with van der Waals surface area (Å²) in [7, 11) is 0. The van der Waals surface area contributed by atoms with Crippen molar-refractivity contribution in [1.82, 2.24) is 20.4 Å². The smallest absolute Gasteiger partial charge is 0.273 e. The van der Waals surface area contributed by atoms with Crippen LogP contribution < -0.4 is 16.4 Å². The van der Waals surface area contributed by atoms with Crippen molar-refractivity contribution in [3.8, 4) is 0 Å². The van der Waals surface area contributed by atoms with E-state index in [4.69, 9.17) is 5.73 Å². The van der Waals surface area contributed by atoms with Gasteiger partial charge in [0.2, 0.25) is 11.8 Å². The number of hydrogen-bond donors (Lipinski definition) is 3. The number of carbonyl (C=O) groups excluding carboxylic acids is 3. The molecule has 8 nitrogen and oxygen atoms in total. The highest BCUT2D eigenvalue weighted by Crippen LogP contribution is 2.27. The number of hydrogen-bond acceptors (Lipinski definition) is 5. The van der Waals surface area contributed by atoms with Crippen molar-refractivity contribution in [1.29, 1.82) is 0 Å². The molecule has 168 valence electrons. The van der Waals surface area contributed by atoms with Gasteiger partial charge in [-0.2, -0.15) is 16.9 Å². The van der Waals surface area contributed by atoms with Crippen molar-refractivity contribution >= 4 is 40.4 Å². The molecule has 1 saturated heterocycles. The number of aromatic nitrogens is 2. The summed E-state index contributed by atoms with van der Waals surface area (Å²) < 4.78 is 1.92. The zero-order valence-electron chi connectivity index (χ0n) is 18.3. The summed E-state index contributed by atoms with van der Waals surface area (Å²) in [6.45, 7) is 6.04. The summed E-state index contributed by atoms with van der Waals surface area (Å²) in [5, 5.41) is 10.7. The molecule has 1 atom stereocenters. The lowest BCUT2D eigenvalue weighted by Crippen LogP contribution is -2.54. The summed E-state index contributed by atoms with van der Waals surface area (Å²) in [5.41, 5.74) is 5.77. The Labute approximate surface area is 186 Å². The molecule has 1 unspecified atom stereocenters. The number of amides is 3. The predicted octanol–water partition coefficient (Wildman–Crippen LogP) is 1.93. The molecular weight excluding hydrogens is 414 g/mol. The van der Waals surface area contributed by atoms with Crippen LogP contribution in [0.25, 0.3) is 10.9 Å². The molecule has 1 fully saturated rings. The third kappa shape index (κ3) is 5.78. The molecule has 4 N–H and O–H groups in total. The van der Waals surface area contributed by atoms with Crippen LogP contribution in [0.15, 0.2) is 24.3 Å². The lowest BCUT2D eigenvalue weighted by atomic mass is 9.86. The molecule has 0 aliphatic carbocycles. The summed E-state index contributed by atoms with van der Waals surface area (Å²) in [4.78, 5) is 36.9. The van der Waals surface area contributed by atoms with Gasteiger partial charge in [-0.1, -0.05) is 39.0 Å². The summed E-state index contributed by atoms with van der Waals surface area (Å²) in [6.07, 6.45) is 2.29. The van der Waals surface area contributed by atoms with Crippen molar-refractivity contribution in [2.45, 2.75) is 46.2 Å². The molecule has 2 heterocycles. The van der Waals surface area contributed by atoms with Crippen LogP contribution in [0, 0.1) is 11.3 Å². The molecule has 0 bridgehead atoms.